The molecule has 3 rings (SSSR count). The molecule has 0 bridgehead atoms. The molecule has 6 nitrogen and oxygen atoms in total. The van der Waals surface area contributed by atoms with Gasteiger partial charge >= 0.3 is 0 Å². The van der Waals surface area contributed by atoms with Crippen molar-refractivity contribution in [2.45, 2.75) is 25.0 Å². The molecule has 24 heavy (non-hydrogen) atoms. The Morgan fingerprint density at radius 1 is 1.21 bits per heavy atom. The summed E-state index contributed by atoms with van der Waals surface area (Å²) in [6.07, 6.45) is 1.25. The van der Waals surface area contributed by atoms with E-state index in [1.807, 2.05) is 37.3 Å². The van der Waals surface area contributed by atoms with Gasteiger partial charge in [0.15, 0.2) is 6.61 Å². The summed E-state index contributed by atoms with van der Waals surface area (Å²) in [5.41, 5.74) is 0. The third kappa shape index (κ3) is 3.42. The Morgan fingerprint density at radius 3 is 2.62 bits per heavy atom. The number of likely N-dealkylation sites (tertiary alicyclic amines) is 1. The SMILES string of the molecule is CCN1C[C@H]2CCN(C(=O)COc3ccccc3)CC[C@H]2S1(=O)=O. The van der Waals surface area contributed by atoms with Crippen LogP contribution in [0.4, 0.5) is 0 Å². The van der Waals surface area contributed by atoms with Crippen LogP contribution in [0.25, 0.3) is 0 Å². The Morgan fingerprint density at radius 2 is 1.92 bits per heavy atom. The number of rotatable bonds is 4. The molecule has 2 saturated heterocycles. The van der Waals surface area contributed by atoms with Crippen molar-refractivity contribution >= 4 is 15.9 Å². The first-order valence-corrected chi connectivity index (χ1v) is 9.97. The highest BCUT2D eigenvalue weighted by Crippen LogP contribution is 2.34. The summed E-state index contributed by atoms with van der Waals surface area (Å²) in [5.74, 6) is 0.713. The van der Waals surface area contributed by atoms with E-state index in [4.69, 9.17) is 4.74 Å². The Labute approximate surface area is 143 Å². The predicted molar refractivity (Wildman–Crippen MR) is 91.2 cm³/mol. The molecule has 2 atom stereocenters. The first-order chi connectivity index (χ1) is 11.5. The molecule has 0 spiro atoms. The van der Waals surface area contributed by atoms with Crippen LogP contribution < -0.4 is 4.74 Å². The molecule has 2 aliphatic rings. The molecule has 0 radical (unpaired) electrons. The van der Waals surface area contributed by atoms with Gasteiger partial charge in [-0.15, -0.1) is 0 Å². The van der Waals surface area contributed by atoms with Gasteiger partial charge in [-0.05, 0) is 30.9 Å². The number of hydrogen-bond donors (Lipinski definition) is 0. The van der Waals surface area contributed by atoms with Gasteiger partial charge in [-0.25, -0.2) is 12.7 Å². The Balaban J connectivity index is 1.58. The second-order valence-electron chi connectivity index (χ2n) is 6.35. The fourth-order valence-corrected chi connectivity index (χ4v) is 5.86. The van der Waals surface area contributed by atoms with E-state index in [1.54, 1.807) is 9.21 Å². The summed E-state index contributed by atoms with van der Waals surface area (Å²) in [7, 11) is -3.20. The van der Waals surface area contributed by atoms with Crippen LogP contribution in [-0.2, 0) is 14.8 Å². The van der Waals surface area contributed by atoms with Crippen molar-refractivity contribution in [3.05, 3.63) is 30.3 Å². The molecule has 0 N–H and O–H groups in total. The minimum Gasteiger partial charge on any atom is -0.484 e. The van der Waals surface area contributed by atoms with Gasteiger partial charge in [0.05, 0.1) is 5.25 Å². The molecule has 1 amide bonds. The third-order valence-electron chi connectivity index (χ3n) is 4.97. The zero-order chi connectivity index (χ0) is 17.2. The molecular weight excluding hydrogens is 328 g/mol. The maximum Gasteiger partial charge on any atom is 0.260 e. The number of sulfonamides is 1. The monoisotopic (exact) mass is 352 g/mol. The normalized spacial score (nSPS) is 26.6. The van der Waals surface area contributed by atoms with Crippen LogP contribution in [0.5, 0.6) is 5.75 Å². The second-order valence-corrected chi connectivity index (χ2v) is 8.51. The Hall–Kier alpha value is -1.60. The lowest BCUT2D eigenvalue weighted by atomic mass is 10.0. The lowest BCUT2D eigenvalue weighted by molar-refractivity contribution is -0.133. The number of para-hydroxylation sites is 1. The van der Waals surface area contributed by atoms with Gasteiger partial charge < -0.3 is 9.64 Å². The molecule has 0 unspecified atom stereocenters. The molecular formula is C17H24N2O4S. The summed E-state index contributed by atoms with van der Waals surface area (Å²) in [6.45, 7) is 4.07. The molecule has 7 heteroatoms. The van der Waals surface area contributed by atoms with Crippen LogP contribution in [0, 0.1) is 5.92 Å². The number of fused-ring (bicyclic) bond motifs is 1. The average molecular weight is 352 g/mol. The zero-order valence-corrected chi connectivity index (χ0v) is 14.7. The number of nitrogens with zero attached hydrogens (tertiary/aromatic N) is 2. The molecule has 0 saturated carbocycles. The number of ether oxygens (including phenoxy) is 1. The van der Waals surface area contributed by atoms with Crippen molar-refractivity contribution in [3.63, 3.8) is 0 Å². The minimum atomic E-state index is -3.20. The molecule has 0 aliphatic carbocycles. The highest BCUT2D eigenvalue weighted by molar-refractivity contribution is 7.90. The maximum absolute atomic E-state index is 12.5. The van der Waals surface area contributed by atoms with Crippen LogP contribution in [0.2, 0.25) is 0 Å². The molecule has 0 aromatic heterocycles. The number of benzene rings is 1. The molecule has 2 heterocycles. The first-order valence-electron chi connectivity index (χ1n) is 8.47. The quantitative estimate of drug-likeness (QED) is 0.820. The van der Waals surface area contributed by atoms with E-state index < -0.39 is 10.0 Å². The first kappa shape index (κ1) is 17.2. The zero-order valence-electron chi connectivity index (χ0n) is 13.9. The van der Waals surface area contributed by atoms with Crippen molar-refractivity contribution in [2.75, 3.05) is 32.8 Å². The second kappa shape index (κ2) is 7.11. The van der Waals surface area contributed by atoms with E-state index in [1.165, 1.54) is 0 Å². The van der Waals surface area contributed by atoms with Gasteiger partial charge in [0.2, 0.25) is 10.0 Å². The Bertz CT molecular complexity index is 677. The molecule has 1 aromatic rings. The largest absolute Gasteiger partial charge is 0.484 e. The summed E-state index contributed by atoms with van der Waals surface area (Å²) < 4.78 is 32.1. The molecule has 1 aromatic carbocycles. The number of amides is 1. The minimum absolute atomic E-state index is 0.00676. The fraction of sp³-hybridized carbons (Fsp3) is 0.588. The van der Waals surface area contributed by atoms with Crippen LogP contribution in [0.15, 0.2) is 30.3 Å². The molecule has 2 fully saturated rings. The van der Waals surface area contributed by atoms with Crippen LogP contribution in [0.3, 0.4) is 0 Å². The van der Waals surface area contributed by atoms with E-state index in [2.05, 4.69) is 0 Å². The summed E-state index contributed by atoms with van der Waals surface area (Å²) in [4.78, 5) is 14.1. The van der Waals surface area contributed by atoms with E-state index >= 15 is 0 Å². The van der Waals surface area contributed by atoms with Crippen LogP contribution in [0.1, 0.15) is 19.8 Å². The van der Waals surface area contributed by atoms with Gasteiger partial charge in [-0.2, -0.15) is 0 Å². The van der Waals surface area contributed by atoms with Crippen LogP contribution in [-0.4, -0.2) is 61.6 Å². The van der Waals surface area contributed by atoms with Gasteiger partial charge in [-0.3, -0.25) is 4.79 Å². The van der Waals surface area contributed by atoms with Gasteiger partial charge in [-0.1, -0.05) is 25.1 Å². The van der Waals surface area contributed by atoms with E-state index in [9.17, 15) is 13.2 Å². The van der Waals surface area contributed by atoms with Gasteiger partial charge in [0.1, 0.15) is 5.75 Å². The lowest BCUT2D eigenvalue weighted by Crippen LogP contribution is -2.37. The van der Waals surface area contributed by atoms with Crippen molar-refractivity contribution in [1.29, 1.82) is 0 Å². The highest BCUT2D eigenvalue weighted by Gasteiger charge is 2.46. The van der Waals surface area contributed by atoms with Crippen molar-refractivity contribution < 1.29 is 17.9 Å². The predicted octanol–water partition coefficient (Wildman–Crippen LogP) is 1.34. The van der Waals surface area contributed by atoms with Gasteiger partial charge in [0, 0.05) is 26.2 Å². The number of hydrogen-bond acceptors (Lipinski definition) is 4. The summed E-state index contributed by atoms with van der Waals surface area (Å²) >= 11 is 0. The Kier molecular flexibility index (Phi) is 5.10. The molecule has 2 aliphatic heterocycles. The van der Waals surface area contributed by atoms with Crippen molar-refractivity contribution in [1.82, 2.24) is 9.21 Å². The van der Waals surface area contributed by atoms with E-state index in [0.717, 1.165) is 6.42 Å². The number of carbonyl (C=O) groups is 1. The maximum atomic E-state index is 12.5. The van der Waals surface area contributed by atoms with Gasteiger partial charge in [0.25, 0.3) is 5.91 Å². The number of carbonyl (C=O) groups excluding carboxylic acids is 1. The third-order valence-corrected chi connectivity index (χ3v) is 7.48. The van der Waals surface area contributed by atoms with E-state index in [0.29, 0.717) is 38.3 Å². The summed E-state index contributed by atoms with van der Waals surface area (Å²) in [5, 5.41) is -0.342. The average Bonchev–Trinajstić information content (AvgIpc) is 2.73. The smallest absolute Gasteiger partial charge is 0.260 e. The highest BCUT2D eigenvalue weighted by atomic mass is 32.2. The lowest BCUT2D eigenvalue weighted by Gasteiger charge is -2.22. The van der Waals surface area contributed by atoms with Crippen molar-refractivity contribution in [3.8, 4) is 5.75 Å². The van der Waals surface area contributed by atoms with E-state index in [-0.39, 0.29) is 23.7 Å². The van der Waals surface area contributed by atoms with Crippen LogP contribution >= 0.6 is 0 Å². The summed E-state index contributed by atoms with van der Waals surface area (Å²) in [6, 6.07) is 9.23. The molecule has 132 valence electrons. The topological polar surface area (TPSA) is 66.9 Å². The van der Waals surface area contributed by atoms with Crippen molar-refractivity contribution in [2.24, 2.45) is 5.92 Å². The standard InChI is InChI=1S/C17H24N2O4S/c1-2-19-12-14-8-10-18(11-9-16(14)24(19,21)22)17(20)13-23-15-6-4-3-5-7-15/h3-7,14,16H,2,8-13H2,1H3/t14-,16-/m1/s1. The fourth-order valence-electron chi connectivity index (χ4n) is 3.61.